The predicted octanol–water partition coefficient (Wildman–Crippen LogP) is 1.62. The number of aromatic nitrogens is 2. The molecule has 0 radical (unpaired) electrons. The van der Waals surface area contributed by atoms with E-state index in [0.717, 1.165) is 24.5 Å². The summed E-state index contributed by atoms with van der Waals surface area (Å²) in [5.74, 6) is 1.83. The van der Waals surface area contributed by atoms with Crippen molar-refractivity contribution in [1.82, 2.24) is 9.97 Å². The molecule has 1 aliphatic heterocycles. The Kier molecular flexibility index (Phi) is 3.43. The Morgan fingerprint density at radius 2 is 2.12 bits per heavy atom. The van der Waals surface area contributed by atoms with Crippen LogP contribution in [0, 0.1) is 0 Å². The van der Waals surface area contributed by atoms with Gasteiger partial charge in [0.1, 0.15) is 0 Å². The number of carbonyl (C=O) groups is 1. The van der Waals surface area contributed by atoms with Gasteiger partial charge in [0.15, 0.2) is 6.29 Å². The number of anilines is 1. The molecule has 0 saturated carbocycles. The second-order valence-corrected chi connectivity index (χ2v) is 5.43. The average molecular weight is 237 g/mol. The molecule has 1 aromatic heterocycles. The summed E-state index contributed by atoms with van der Waals surface area (Å²) in [6, 6.07) is 0.431. The third kappa shape index (κ3) is 2.19. The van der Waals surface area contributed by atoms with Gasteiger partial charge >= 0.3 is 0 Å². The highest BCUT2D eigenvalue weighted by atomic mass is 32.2. The molecule has 16 heavy (non-hydrogen) atoms. The summed E-state index contributed by atoms with van der Waals surface area (Å²) < 4.78 is 0. The highest BCUT2D eigenvalue weighted by Gasteiger charge is 2.26. The van der Waals surface area contributed by atoms with Crippen molar-refractivity contribution < 1.29 is 4.79 Å². The second kappa shape index (κ2) is 4.82. The fourth-order valence-corrected chi connectivity index (χ4v) is 2.86. The van der Waals surface area contributed by atoms with Crippen molar-refractivity contribution >= 4 is 24.0 Å². The molecule has 0 bridgehead atoms. The van der Waals surface area contributed by atoms with Crippen molar-refractivity contribution in [3.8, 4) is 0 Å². The Morgan fingerprint density at radius 3 is 2.75 bits per heavy atom. The van der Waals surface area contributed by atoms with E-state index in [1.165, 1.54) is 0 Å². The monoisotopic (exact) mass is 237 g/mol. The zero-order chi connectivity index (χ0) is 11.5. The van der Waals surface area contributed by atoms with Crippen molar-refractivity contribution in [2.24, 2.45) is 0 Å². The number of rotatable bonds is 2. The van der Waals surface area contributed by atoms with Crippen molar-refractivity contribution in [2.45, 2.75) is 25.1 Å². The van der Waals surface area contributed by atoms with Crippen LogP contribution in [0.2, 0.25) is 0 Å². The molecule has 1 fully saturated rings. The number of hydrogen-bond donors (Lipinski definition) is 0. The lowest BCUT2D eigenvalue weighted by Crippen LogP contribution is -2.45. The van der Waals surface area contributed by atoms with Gasteiger partial charge in [-0.1, -0.05) is 6.92 Å². The van der Waals surface area contributed by atoms with Crippen molar-refractivity contribution in [2.75, 3.05) is 17.2 Å². The van der Waals surface area contributed by atoms with Crippen LogP contribution in [0.25, 0.3) is 0 Å². The van der Waals surface area contributed by atoms with Crippen LogP contribution in [0.3, 0.4) is 0 Å². The lowest BCUT2D eigenvalue weighted by Gasteiger charge is -2.37. The molecule has 2 atom stereocenters. The number of carbonyl (C=O) groups excluding carboxylic acids is 1. The van der Waals surface area contributed by atoms with Crippen LogP contribution in [0.1, 0.15) is 24.2 Å². The number of thioether (sulfide) groups is 1. The molecule has 2 unspecified atom stereocenters. The first kappa shape index (κ1) is 11.4. The Labute approximate surface area is 99.5 Å². The summed E-state index contributed by atoms with van der Waals surface area (Å²) in [4.78, 5) is 21.2. The first-order valence-electron chi connectivity index (χ1n) is 5.38. The first-order chi connectivity index (χ1) is 7.72. The first-order valence-corrected chi connectivity index (χ1v) is 6.42. The molecule has 1 aliphatic rings. The predicted molar refractivity (Wildman–Crippen MR) is 66.1 cm³/mol. The summed E-state index contributed by atoms with van der Waals surface area (Å²) in [5, 5.41) is 0.586. The van der Waals surface area contributed by atoms with Crippen LogP contribution < -0.4 is 4.90 Å². The van der Waals surface area contributed by atoms with E-state index in [2.05, 4.69) is 28.7 Å². The molecule has 86 valence electrons. The van der Waals surface area contributed by atoms with E-state index in [1.54, 1.807) is 12.4 Å². The Hall–Kier alpha value is -1.10. The lowest BCUT2D eigenvalue weighted by molar-refractivity contribution is 0.112. The minimum absolute atomic E-state index is 0.431. The van der Waals surface area contributed by atoms with E-state index in [-0.39, 0.29) is 0 Å². The van der Waals surface area contributed by atoms with Crippen LogP contribution in [-0.4, -0.2) is 39.8 Å². The average Bonchev–Trinajstić information content (AvgIpc) is 2.33. The van der Waals surface area contributed by atoms with Gasteiger partial charge in [0.25, 0.3) is 0 Å². The fourth-order valence-electron chi connectivity index (χ4n) is 1.76. The maximum absolute atomic E-state index is 10.5. The zero-order valence-corrected chi connectivity index (χ0v) is 10.3. The molecule has 1 aromatic rings. The van der Waals surface area contributed by atoms with Gasteiger partial charge in [-0.2, -0.15) is 11.8 Å². The van der Waals surface area contributed by atoms with Crippen LogP contribution in [0.4, 0.5) is 5.95 Å². The number of hydrogen-bond acceptors (Lipinski definition) is 5. The topological polar surface area (TPSA) is 46.1 Å². The molecular weight excluding hydrogens is 222 g/mol. The fraction of sp³-hybridized carbons (Fsp3) is 0.545. The van der Waals surface area contributed by atoms with Gasteiger partial charge in [-0.15, -0.1) is 0 Å². The highest BCUT2D eigenvalue weighted by molar-refractivity contribution is 8.00. The number of aldehydes is 1. The van der Waals surface area contributed by atoms with Crippen LogP contribution in [-0.2, 0) is 0 Å². The van der Waals surface area contributed by atoms with E-state index in [9.17, 15) is 4.79 Å². The zero-order valence-electron chi connectivity index (χ0n) is 9.46. The third-order valence-electron chi connectivity index (χ3n) is 2.94. The maximum atomic E-state index is 10.5. The van der Waals surface area contributed by atoms with Crippen molar-refractivity contribution in [3.05, 3.63) is 18.0 Å². The smallest absolute Gasteiger partial charge is 0.225 e. The maximum Gasteiger partial charge on any atom is 0.225 e. The van der Waals surface area contributed by atoms with E-state index in [0.29, 0.717) is 16.9 Å². The Balaban J connectivity index is 2.18. The van der Waals surface area contributed by atoms with Crippen molar-refractivity contribution in [1.29, 1.82) is 0 Å². The van der Waals surface area contributed by atoms with E-state index >= 15 is 0 Å². The van der Waals surface area contributed by atoms with Crippen LogP contribution in [0.5, 0.6) is 0 Å². The summed E-state index contributed by atoms with van der Waals surface area (Å²) in [7, 11) is 0. The van der Waals surface area contributed by atoms with E-state index < -0.39 is 0 Å². The van der Waals surface area contributed by atoms with Gasteiger partial charge in [-0.3, -0.25) is 4.79 Å². The van der Waals surface area contributed by atoms with Gasteiger partial charge in [-0.05, 0) is 6.92 Å². The highest BCUT2D eigenvalue weighted by Crippen LogP contribution is 2.26. The van der Waals surface area contributed by atoms with E-state index in [4.69, 9.17) is 0 Å². The molecule has 0 aliphatic carbocycles. The van der Waals surface area contributed by atoms with Crippen molar-refractivity contribution in [3.63, 3.8) is 0 Å². The summed E-state index contributed by atoms with van der Waals surface area (Å²) >= 11 is 1.98. The minimum atomic E-state index is 0.431. The largest absolute Gasteiger partial charge is 0.336 e. The van der Waals surface area contributed by atoms with Crippen LogP contribution in [0.15, 0.2) is 12.4 Å². The normalized spacial score (nSPS) is 25.5. The molecule has 5 heteroatoms. The molecular formula is C11H15N3OS. The van der Waals surface area contributed by atoms with Crippen LogP contribution >= 0.6 is 11.8 Å². The lowest BCUT2D eigenvalue weighted by atomic mass is 10.2. The molecule has 4 nitrogen and oxygen atoms in total. The SMILES string of the molecule is CC1SCCN(c2ncc(C=O)cn2)C1C. The summed E-state index contributed by atoms with van der Waals surface area (Å²) in [6.07, 6.45) is 3.92. The Morgan fingerprint density at radius 1 is 1.44 bits per heavy atom. The third-order valence-corrected chi connectivity index (χ3v) is 4.27. The van der Waals surface area contributed by atoms with Gasteiger partial charge in [0.2, 0.25) is 5.95 Å². The van der Waals surface area contributed by atoms with Gasteiger partial charge in [-0.25, -0.2) is 9.97 Å². The molecule has 0 spiro atoms. The summed E-state index contributed by atoms with van der Waals surface area (Å²) in [5.41, 5.74) is 0.524. The summed E-state index contributed by atoms with van der Waals surface area (Å²) in [6.45, 7) is 5.38. The molecule has 0 aromatic carbocycles. The number of nitrogens with zero attached hydrogens (tertiary/aromatic N) is 3. The standard InChI is InChI=1S/C11H15N3OS/c1-8-9(2)16-4-3-14(8)11-12-5-10(7-15)6-13-11/h5-9H,3-4H2,1-2H3. The van der Waals surface area contributed by atoms with E-state index in [1.807, 2.05) is 11.8 Å². The van der Waals surface area contributed by atoms with Gasteiger partial charge < -0.3 is 4.90 Å². The Bertz CT molecular complexity index is 368. The van der Waals surface area contributed by atoms with Gasteiger partial charge in [0, 0.05) is 36.0 Å². The quantitative estimate of drug-likeness (QED) is 0.731. The molecule has 2 heterocycles. The van der Waals surface area contributed by atoms with Gasteiger partial charge in [0.05, 0.1) is 5.56 Å². The molecule has 1 saturated heterocycles. The molecule has 0 amide bonds. The molecule has 2 rings (SSSR count). The minimum Gasteiger partial charge on any atom is -0.336 e. The second-order valence-electron chi connectivity index (χ2n) is 3.94. The molecule has 0 N–H and O–H groups in total.